The highest BCUT2D eigenvalue weighted by molar-refractivity contribution is 5.99. The highest BCUT2D eigenvalue weighted by Crippen LogP contribution is 2.33. The first-order chi connectivity index (χ1) is 9.81. The van der Waals surface area contributed by atoms with Crippen LogP contribution in [0.25, 0.3) is 5.65 Å². The first-order valence-electron chi connectivity index (χ1n) is 6.71. The molecule has 2 aromatic heterocycles. The van der Waals surface area contributed by atoms with Crippen LogP contribution >= 0.6 is 0 Å². The van der Waals surface area contributed by atoms with Crippen LogP contribution in [0, 0.1) is 12.3 Å². The number of hydrogen-bond donors (Lipinski definition) is 1. The van der Waals surface area contributed by atoms with Crippen LogP contribution in [-0.4, -0.2) is 37.9 Å². The number of aromatic carboxylic acids is 1. The van der Waals surface area contributed by atoms with Crippen LogP contribution in [-0.2, 0) is 4.79 Å². The maximum Gasteiger partial charge on any atom is 0.358 e. The van der Waals surface area contributed by atoms with Gasteiger partial charge in [-0.15, -0.1) is 0 Å². The van der Waals surface area contributed by atoms with E-state index in [1.807, 2.05) is 20.8 Å². The zero-order chi connectivity index (χ0) is 15.4. The second-order valence-electron chi connectivity index (χ2n) is 5.94. The number of aromatic nitrogens is 3. The van der Waals surface area contributed by atoms with Gasteiger partial charge in [0.25, 0.3) is 0 Å². The van der Waals surface area contributed by atoms with Crippen LogP contribution in [0.3, 0.4) is 0 Å². The van der Waals surface area contributed by atoms with Crippen LogP contribution in [0.2, 0.25) is 0 Å². The van der Waals surface area contributed by atoms with E-state index in [2.05, 4.69) is 9.97 Å². The molecule has 0 aromatic carbocycles. The molecule has 3 rings (SSSR count). The van der Waals surface area contributed by atoms with Crippen LogP contribution < -0.4 is 4.90 Å². The largest absolute Gasteiger partial charge is 0.476 e. The number of nitrogens with zero attached hydrogens (tertiary/aromatic N) is 4. The van der Waals surface area contributed by atoms with Crippen LogP contribution in [0.1, 0.15) is 36.5 Å². The third-order valence-electron chi connectivity index (χ3n) is 3.94. The highest BCUT2D eigenvalue weighted by Gasteiger charge is 2.40. The SMILES string of the molecule is Cc1cc(N2CCC(C)(C)C2=O)nc2c(C(=O)O)ncn12. The van der Waals surface area contributed by atoms with Gasteiger partial charge in [0.05, 0.1) is 0 Å². The molecule has 1 aliphatic rings. The fraction of sp³-hybridized carbons (Fsp3) is 0.429. The molecule has 7 heteroatoms. The summed E-state index contributed by atoms with van der Waals surface area (Å²) in [6, 6.07) is 1.78. The number of anilines is 1. The third-order valence-corrected chi connectivity index (χ3v) is 3.94. The van der Waals surface area contributed by atoms with E-state index in [9.17, 15) is 9.59 Å². The Kier molecular flexibility index (Phi) is 2.76. The van der Waals surface area contributed by atoms with E-state index in [0.29, 0.717) is 12.4 Å². The summed E-state index contributed by atoms with van der Waals surface area (Å²) in [5.74, 6) is -0.636. The standard InChI is InChI=1S/C14H16N4O3/c1-8-6-9(17-5-4-14(2,3)13(17)21)16-11-10(12(19)20)15-7-18(8)11/h6-7H,4-5H2,1-3H3,(H,19,20). The van der Waals surface area contributed by atoms with Crippen molar-refractivity contribution in [2.45, 2.75) is 27.2 Å². The van der Waals surface area contributed by atoms with Crippen molar-refractivity contribution in [3.63, 3.8) is 0 Å². The molecule has 1 N–H and O–H groups in total. The predicted octanol–water partition coefficient (Wildman–Crippen LogP) is 1.50. The lowest BCUT2D eigenvalue weighted by atomic mass is 9.92. The lowest BCUT2D eigenvalue weighted by Gasteiger charge is -2.19. The number of imidazole rings is 1. The van der Waals surface area contributed by atoms with E-state index in [4.69, 9.17) is 5.11 Å². The van der Waals surface area contributed by atoms with Gasteiger partial charge in [-0.1, -0.05) is 13.8 Å². The molecule has 1 amide bonds. The fourth-order valence-corrected chi connectivity index (χ4v) is 2.58. The third kappa shape index (κ3) is 1.96. The number of hydrogen-bond acceptors (Lipinski definition) is 4. The number of carboxylic acid groups (broad SMARTS) is 1. The minimum atomic E-state index is -1.13. The van der Waals surface area contributed by atoms with E-state index >= 15 is 0 Å². The molecular weight excluding hydrogens is 272 g/mol. The molecule has 0 saturated carbocycles. The maximum atomic E-state index is 12.4. The summed E-state index contributed by atoms with van der Waals surface area (Å²) >= 11 is 0. The molecule has 21 heavy (non-hydrogen) atoms. The lowest BCUT2D eigenvalue weighted by Crippen LogP contribution is -2.31. The summed E-state index contributed by atoms with van der Waals surface area (Å²) in [5, 5.41) is 9.16. The van der Waals surface area contributed by atoms with Crippen molar-refractivity contribution in [1.29, 1.82) is 0 Å². The van der Waals surface area contributed by atoms with E-state index in [1.165, 1.54) is 6.33 Å². The Labute approximate surface area is 121 Å². The first kappa shape index (κ1) is 13.5. The monoisotopic (exact) mass is 288 g/mol. The number of carbonyl (C=O) groups excluding carboxylic acids is 1. The minimum Gasteiger partial charge on any atom is -0.476 e. The predicted molar refractivity (Wildman–Crippen MR) is 75.4 cm³/mol. The molecule has 0 spiro atoms. The van der Waals surface area contributed by atoms with Gasteiger partial charge in [-0.25, -0.2) is 14.8 Å². The molecule has 0 aliphatic carbocycles. The van der Waals surface area contributed by atoms with E-state index < -0.39 is 11.4 Å². The van der Waals surface area contributed by atoms with Gasteiger partial charge in [-0.2, -0.15) is 0 Å². The number of rotatable bonds is 2. The Morgan fingerprint density at radius 2 is 2.14 bits per heavy atom. The van der Waals surface area contributed by atoms with Gasteiger partial charge in [0.1, 0.15) is 12.1 Å². The fourth-order valence-electron chi connectivity index (χ4n) is 2.58. The van der Waals surface area contributed by atoms with Crippen molar-refractivity contribution in [1.82, 2.24) is 14.4 Å². The molecule has 2 aromatic rings. The minimum absolute atomic E-state index is 0.00939. The van der Waals surface area contributed by atoms with E-state index in [1.54, 1.807) is 15.4 Å². The highest BCUT2D eigenvalue weighted by atomic mass is 16.4. The van der Waals surface area contributed by atoms with Crippen LogP contribution in [0.5, 0.6) is 0 Å². The van der Waals surface area contributed by atoms with Crippen LogP contribution in [0.4, 0.5) is 5.82 Å². The number of amides is 1. The quantitative estimate of drug-likeness (QED) is 0.904. The van der Waals surface area contributed by atoms with Crippen molar-refractivity contribution < 1.29 is 14.7 Å². The Bertz CT molecular complexity index is 763. The molecule has 1 aliphatic heterocycles. The average molecular weight is 288 g/mol. The van der Waals surface area contributed by atoms with Gasteiger partial charge < -0.3 is 5.11 Å². The van der Waals surface area contributed by atoms with Crippen molar-refractivity contribution in [2.24, 2.45) is 5.41 Å². The van der Waals surface area contributed by atoms with Gasteiger partial charge in [0.2, 0.25) is 5.91 Å². The van der Waals surface area contributed by atoms with Crippen LogP contribution in [0.15, 0.2) is 12.4 Å². The number of carbonyl (C=O) groups is 2. The molecule has 0 bridgehead atoms. The molecule has 0 radical (unpaired) electrons. The van der Waals surface area contributed by atoms with Gasteiger partial charge in [-0.3, -0.25) is 14.1 Å². The summed E-state index contributed by atoms with van der Waals surface area (Å²) in [7, 11) is 0. The molecule has 3 heterocycles. The number of fused-ring (bicyclic) bond motifs is 1. The van der Waals surface area contributed by atoms with Gasteiger partial charge in [0, 0.05) is 23.7 Å². The van der Waals surface area contributed by atoms with E-state index in [0.717, 1.165) is 12.1 Å². The zero-order valence-electron chi connectivity index (χ0n) is 12.1. The van der Waals surface area contributed by atoms with Gasteiger partial charge >= 0.3 is 5.97 Å². The summed E-state index contributed by atoms with van der Waals surface area (Å²) in [6.45, 7) is 6.23. The molecular formula is C14H16N4O3. The average Bonchev–Trinajstić information content (AvgIpc) is 2.93. The second kappa shape index (κ2) is 4.28. The molecule has 0 atom stereocenters. The normalized spacial score (nSPS) is 17.7. The molecule has 110 valence electrons. The van der Waals surface area contributed by atoms with Gasteiger partial charge in [0.15, 0.2) is 11.3 Å². The maximum absolute atomic E-state index is 12.4. The summed E-state index contributed by atoms with van der Waals surface area (Å²) in [6.07, 6.45) is 2.18. The smallest absolute Gasteiger partial charge is 0.358 e. The number of carboxylic acids is 1. The lowest BCUT2D eigenvalue weighted by molar-refractivity contribution is -0.124. The second-order valence-corrected chi connectivity index (χ2v) is 5.94. The van der Waals surface area contributed by atoms with Crippen molar-refractivity contribution in [2.75, 3.05) is 11.4 Å². The Morgan fingerprint density at radius 1 is 1.43 bits per heavy atom. The van der Waals surface area contributed by atoms with Crippen molar-refractivity contribution >= 4 is 23.3 Å². The van der Waals surface area contributed by atoms with Crippen molar-refractivity contribution in [3.8, 4) is 0 Å². The Hall–Kier alpha value is -2.44. The topological polar surface area (TPSA) is 87.8 Å². The Morgan fingerprint density at radius 3 is 2.71 bits per heavy atom. The summed E-state index contributed by atoms with van der Waals surface area (Å²) in [4.78, 5) is 33.4. The zero-order valence-corrected chi connectivity index (χ0v) is 12.1. The number of aryl methyl sites for hydroxylation is 1. The Balaban J connectivity index is 2.14. The first-order valence-corrected chi connectivity index (χ1v) is 6.71. The van der Waals surface area contributed by atoms with Crippen molar-refractivity contribution in [3.05, 3.63) is 23.8 Å². The summed E-state index contributed by atoms with van der Waals surface area (Å²) in [5.41, 5.74) is 0.533. The van der Waals surface area contributed by atoms with Gasteiger partial charge in [-0.05, 0) is 13.3 Å². The molecule has 1 fully saturated rings. The van der Waals surface area contributed by atoms with E-state index in [-0.39, 0.29) is 17.2 Å². The summed E-state index contributed by atoms with van der Waals surface area (Å²) < 4.78 is 1.61. The molecule has 0 unspecified atom stereocenters. The molecule has 7 nitrogen and oxygen atoms in total. The molecule has 1 saturated heterocycles.